The number of carbonyl (C=O) groups is 5. The number of nitrogens with two attached hydrogens (primary N) is 1. The fourth-order valence-corrected chi connectivity index (χ4v) is 10.3. The Labute approximate surface area is 427 Å². The van der Waals surface area contributed by atoms with E-state index in [1.807, 2.05) is 27.7 Å². The number of aliphatic hydroxyl groups is 1. The number of hydrogen-bond acceptors (Lipinski definition) is 11. The van der Waals surface area contributed by atoms with Crippen LogP contribution in [0.5, 0.6) is 5.75 Å². The van der Waals surface area contributed by atoms with Gasteiger partial charge in [0.05, 0.1) is 48.6 Å². The van der Waals surface area contributed by atoms with Crippen molar-refractivity contribution in [1.29, 1.82) is 0 Å². The van der Waals surface area contributed by atoms with Crippen LogP contribution in [0.25, 0.3) is 33.5 Å². The lowest BCUT2D eigenvalue weighted by Crippen LogP contribution is -2.50. The number of rotatable bonds is 14. The van der Waals surface area contributed by atoms with Crippen LogP contribution in [0.4, 0.5) is 25.0 Å². The van der Waals surface area contributed by atoms with Crippen LogP contribution in [-0.4, -0.2) is 112 Å². The second kappa shape index (κ2) is 21.1. The molecule has 3 fully saturated rings. The van der Waals surface area contributed by atoms with Gasteiger partial charge in [-0.3, -0.25) is 29.4 Å². The van der Waals surface area contributed by atoms with E-state index >= 15 is 8.78 Å². The van der Waals surface area contributed by atoms with Crippen LogP contribution in [-0.2, 0) is 28.3 Å². The third-order valence-corrected chi connectivity index (χ3v) is 14.9. The summed E-state index contributed by atoms with van der Waals surface area (Å²) in [4.78, 5) is 79.0. The number of carbonyl (C=O) groups excluding carboxylic acids is 5. The number of nitrogens with zero attached hydrogens (tertiary/aromatic N) is 6. The molecule has 5 heterocycles. The summed E-state index contributed by atoms with van der Waals surface area (Å²) in [5.41, 5.74) is 9.92. The first kappa shape index (κ1) is 51.3. The number of piperidine rings is 2. The van der Waals surface area contributed by atoms with E-state index in [1.54, 1.807) is 25.1 Å². The van der Waals surface area contributed by atoms with E-state index in [0.29, 0.717) is 69.2 Å². The molecule has 0 aliphatic carbocycles. The van der Waals surface area contributed by atoms with Gasteiger partial charge >= 0.3 is 6.03 Å². The van der Waals surface area contributed by atoms with Crippen molar-refractivity contribution in [1.82, 2.24) is 35.0 Å². The van der Waals surface area contributed by atoms with E-state index in [4.69, 9.17) is 10.5 Å². The largest absolute Gasteiger partial charge is 0.495 e. The van der Waals surface area contributed by atoms with Gasteiger partial charge in [0.2, 0.25) is 11.8 Å². The molecule has 3 aliphatic heterocycles. The van der Waals surface area contributed by atoms with Gasteiger partial charge in [-0.05, 0) is 142 Å². The zero-order chi connectivity index (χ0) is 52.5. The monoisotopic (exact) mass is 1010 g/mol. The molecule has 6 aromatic rings. The number of nitrogens with one attached hydrogen (secondary N) is 3. The number of likely N-dealkylation sites (tertiary alicyclic amines) is 2. The number of methoxy groups -OCH3 is 1. The fraction of sp³-hybridized carbons (Fsp3) is 0.364. The third-order valence-electron chi connectivity index (χ3n) is 14.9. The molecule has 6 amide bonds. The van der Waals surface area contributed by atoms with Gasteiger partial charge in [-0.15, -0.1) is 0 Å². The highest BCUT2D eigenvalue weighted by Crippen LogP contribution is 2.42. The number of anilines is 2. The molecule has 4 aromatic carbocycles. The zero-order valence-electron chi connectivity index (χ0n) is 41.9. The van der Waals surface area contributed by atoms with E-state index in [2.05, 4.69) is 43.0 Å². The predicted molar refractivity (Wildman–Crippen MR) is 275 cm³/mol. The molecular weight excluding hydrogens is 951 g/mol. The smallest absolute Gasteiger partial charge is 0.328 e. The van der Waals surface area contributed by atoms with Crippen molar-refractivity contribution in [2.45, 2.75) is 71.6 Å². The first-order chi connectivity index (χ1) is 35.4. The van der Waals surface area contributed by atoms with Gasteiger partial charge in [0.15, 0.2) is 0 Å². The molecule has 0 atom stereocenters. The molecule has 17 nitrogen and oxygen atoms in total. The first-order valence-electron chi connectivity index (χ1n) is 24.8. The highest BCUT2D eigenvalue weighted by molar-refractivity contribution is 6.08. The Morgan fingerprint density at radius 1 is 0.905 bits per heavy atom. The number of ether oxygens (including phenoxy) is 1. The summed E-state index contributed by atoms with van der Waals surface area (Å²) in [6.45, 7) is 8.83. The van der Waals surface area contributed by atoms with E-state index in [9.17, 15) is 29.1 Å². The molecule has 19 heteroatoms. The maximum absolute atomic E-state index is 15.5. The summed E-state index contributed by atoms with van der Waals surface area (Å²) in [5, 5.41) is 18.7. The molecule has 2 aromatic heterocycles. The number of hydrogen-bond donors (Lipinski definition) is 5. The average Bonchev–Trinajstić information content (AvgIpc) is 3.77. The SMILES string of the molecule is COc1ccc(C(=O)N2CCC3(CCN(CCc4ccc(-c5cc6c(-c7cc(F)cc(NC(=O)c8ccc(C(C)(C)O)cc8F)c7C)ncnc6n5CNC(=O)CN)cc4)CC3)CC2)cc1N1CCC(=O)NC1=O. The Morgan fingerprint density at radius 2 is 1.64 bits per heavy atom. The first-order valence-corrected chi connectivity index (χ1v) is 24.8. The van der Waals surface area contributed by atoms with Crippen molar-refractivity contribution in [2.24, 2.45) is 11.1 Å². The normalized spacial score (nSPS) is 16.1. The standard InChI is InChI=1S/C55H60F2N10O7/c1-33-40(27-38(56)28-43(33)62-51(70)39-11-10-37(26-42(39)57)54(2,3)73)49-41-29-44(67(32-61-48(69)30-58)50(41)60-31-59-49)35-7-5-34(6-8-35)13-19-64-21-15-55(16-22-64)17-23-65(24-18-55)52(71)36-9-12-46(74-4)45(25-36)66-20-14-47(68)63-53(66)72/h5-12,25-29,31,73H,13-24,30,32,58H2,1-4H3,(H,61,69)(H,62,70)(H,63,68,72). The van der Waals surface area contributed by atoms with E-state index in [-0.39, 0.29) is 60.6 Å². The molecule has 74 heavy (non-hydrogen) atoms. The Morgan fingerprint density at radius 3 is 2.31 bits per heavy atom. The molecule has 0 bridgehead atoms. The number of urea groups is 1. The van der Waals surface area contributed by atoms with Crippen molar-refractivity contribution in [2.75, 3.05) is 63.1 Å². The van der Waals surface area contributed by atoms with Crippen molar-refractivity contribution in [3.05, 3.63) is 125 Å². The highest BCUT2D eigenvalue weighted by atomic mass is 19.1. The number of imide groups is 1. The summed E-state index contributed by atoms with van der Waals surface area (Å²) < 4.78 is 38.0. The maximum Gasteiger partial charge on any atom is 0.328 e. The maximum atomic E-state index is 15.5. The van der Waals surface area contributed by atoms with Gasteiger partial charge < -0.3 is 40.6 Å². The topological polar surface area (TPSA) is 217 Å². The summed E-state index contributed by atoms with van der Waals surface area (Å²) in [5.74, 6) is -2.65. The van der Waals surface area contributed by atoms with Crippen molar-refractivity contribution < 1.29 is 42.6 Å². The summed E-state index contributed by atoms with van der Waals surface area (Å²) in [7, 11) is 1.50. The molecule has 6 N–H and O–H groups in total. The van der Waals surface area contributed by atoms with Crippen LogP contribution >= 0.6 is 0 Å². The van der Waals surface area contributed by atoms with Crippen molar-refractivity contribution in [3.63, 3.8) is 0 Å². The quantitative estimate of drug-likeness (QED) is 0.0758. The molecular formula is C55H60F2N10O7. The molecule has 9 rings (SSSR count). The fourth-order valence-electron chi connectivity index (χ4n) is 10.3. The third kappa shape index (κ3) is 10.7. The molecule has 386 valence electrons. The lowest BCUT2D eigenvalue weighted by molar-refractivity contribution is -0.121. The Kier molecular flexibility index (Phi) is 14.6. The minimum absolute atomic E-state index is 0.0353. The van der Waals surface area contributed by atoms with Crippen LogP contribution in [0.15, 0.2) is 85.2 Å². The summed E-state index contributed by atoms with van der Waals surface area (Å²) >= 11 is 0. The van der Waals surface area contributed by atoms with Gasteiger partial charge in [-0.25, -0.2) is 23.5 Å². The van der Waals surface area contributed by atoms with Gasteiger partial charge in [0.1, 0.15) is 29.4 Å². The van der Waals surface area contributed by atoms with Crippen LogP contribution in [0.1, 0.15) is 83.4 Å². The summed E-state index contributed by atoms with van der Waals surface area (Å²) in [6, 6.07) is 21.0. The Bertz CT molecular complexity index is 3150. The summed E-state index contributed by atoms with van der Waals surface area (Å²) in [6.07, 6.45) is 6.26. The van der Waals surface area contributed by atoms with Crippen LogP contribution in [0, 0.1) is 24.0 Å². The van der Waals surface area contributed by atoms with Gasteiger partial charge in [-0.1, -0.05) is 30.3 Å². The lowest BCUT2D eigenvalue weighted by Gasteiger charge is -2.47. The molecule has 3 saturated heterocycles. The average molecular weight is 1010 g/mol. The number of aromatic nitrogens is 3. The van der Waals surface area contributed by atoms with Crippen molar-refractivity contribution in [3.8, 4) is 28.3 Å². The minimum Gasteiger partial charge on any atom is -0.495 e. The second-order valence-corrected chi connectivity index (χ2v) is 19.9. The van der Waals surface area contributed by atoms with Crippen LogP contribution in [0.3, 0.4) is 0 Å². The number of amides is 6. The number of benzene rings is 4. The molecule has 3 aliphatic rings. The Balaban J connectivity index is 0.853. The van der Waals surface area contributed by atoms with Crippen LogP contribution < -0.4 is 31.3 Å². The predicted octanol–water partition coefficient (Wildman–Crippen LogP) is 6.88. The van der Waals surface area contributed by atoms with E-state index < -0.39 is 29.2 Å². The highest BCUT2D eigenvalue weighted by Gasteiger charge is 2.39. The van der Waals surface area contributed by atoms with E-state index in [1.165, 1.54) is 50.4 Å². The molecule has 0 saturated carbocycles. The number of fused-ring (bicyclic) bond motifs is 1. The minimum atomic E-state index is -1.32. The zero-order valence-corrected chi connectivity index (χ0v) is 41.9. The molecule has 0 unspecified atom stereocenters. The Hall–Kier alpha value is -7.61. The lowest BCUT2D eigenvalue weighted by atomic mass is 9.71. The van der Waals surface area contributed by atoms with Gasteiger partial charge in [0.25, 0.3) is 11.8 Å². The van der Waals surface area contributed by atoms with Gasteiger partial charge in [-0.2, -0.15) is 0 Å². The van der Waals surface area contributed by atoms with Gasteiger partial charge in [0, 0.05) is 54.8 Å². The van der Waals surface area contributed by atoms with Crippen molar-refractivity contribution >= 4 is 52.1 Å². The van der Waals surface area contributed by atoms with E-state index in [0.717, 1.165) is 75.0 Å². The number of halogens is 2. The van der Waals surface area contributed by atoms with Crippen LogP contribution in [0.2, 0.25) is 0 Å². The molecule has 1 spiro atoms. The second-order valence-electron chi connectivity index (χ2n) is 19.9. The molecule has 0 radical (unpaired) electrons.